The quantitative estimate of drug-likeness (QED) is 0.292. The first-order valence-corrected chi connectivity index (χ1v) is 12.4. The van der Waals surface area contributed by atoms with Crippen molar-refractivity contribution in [2.75, 3.05) is 11.9 Å². The number of aryl methyl sites for hydroxylation is 2. The second-order valence-corrected chi connectivity index (χ2v) is 9.71. The van der Waals surface area contributed by atoms with Gasteiger partial charge in [0.1, 0.15) is 10.6 Å². The smallest absolute Gasteiger partial charge is 0.341 e. The zero-order chi connectivity index (χ0) is 22.7. The molecule has 2 heterocycles. The minimum atomic E-state index is -0.420. The van der Waals surface area contributed by atoms with Crippen LogP contribution < -0.4 is 5.32 Å². The van der Waals surface area contributed by atoms with Gasteiger partial charge >= 0.3 is 5.97 Å². The van der Waals surface area contributed by atoms with Gasteiger partial charge in [-0.3, -0.25) is 4.79 Å². The van der Waals surface area contributed by atoms with Crippen molar-refractivity contribution in [2.24, 2.45) is 0 Å². The van der Waals surface area contributed by atoms with Gasteiger partial charge in [-0.25, -0.2) is 4.79 Å². The molecule has 0 aliphatic carbocycles. The molecule has 1 amide bonds. The molecule has 4 rings (SSSR count). The normalized spacial score (nSPS) is 11.0. The topological polar surface area (TPSA) is 55.4 Å². The number of rotatable bonds is 7. The largest absolute Gasteiger partial charge is 0.462 e. The Hall–Kier alpha value is -2.96. The molecule has 4 aromatic rings. The predicted octanol–water partition coefficient (Wildman–Crippen LogP) is 7.32. The first-order chi connectivity index (χ1) is 15.5. The van der Waals surface area contributed by atoms with Gasteiger partial charge in [0, 0.05) is 15.1 Å². The van der Waals surface area contributed by atoms with Crippen LogP contribution in [-0.4, -0.2) is 18.5 Å². The van der Waals surface area contributed by atoms with E-state index in [2.05, 4.69) is 18.3 Å². The van der Waals surface area contributed by atoms with Crippen LogP contribution in [0.25, 0.3) is 21.2 Å². The van der Waals surface area contributed by atoms with E-state index < -0.39 is 5.97 Å². The Kier molecular flexibility index (Phi) is 6.72. The van der Waals surface area contributed by atoms with Crippen LogP contribution in [0.2, 0.25) is 0 Å². The summed E-state index contributed by atoms with van der Waals surface area (Å²) < 4.78 is 6.46. The third-order valence-electron chi connectivity index (χ3n) is 5.26. The molecule has 32 heavy (non-hydrogen) atoms. The SMILES string of the molecule is CCCc1c(C(=O)Nc2sc(C)c(-c3ccccc3)c2C(=O)OCC)sc2ccccc12. The van der Waals surface area contributed by atoms with Gasteiger partial charge in [0.25, 0.3) is 5.91 Å². The highest BCUT2D eigenvalue weighted by atomic mass is 32.1. The average Bonchev–Trinajstić information content (AvgIpc) is 3.32. The van der Waals surface area contributed by atoms with E-state index in [1.807, 2.05) is 55.5 Å². The van der Waals surface area contributed by atoms with E-state index in [0.29, 0.717) is 15.4 Å². The highest BCUT2D eigenvalue weighted by Gasteiger charge is 2.27. The van der Waals surface area contributed by atoms with Gasteiger partial charge in [0.15, 0.2) is 0 Å². The van der Waals surface area contributed by atoms with E-state index in [0.717, 1.165) is 44.5 Å². The van der Waals surface area contributed by atoms with Gasteiger partial charge in [-0.15, -0.1) is 22.7 Å². The van der Waals surface area contributed by atoms with E-state index >= 15 is 0 Å². The van der Waals surface area contributed by atoms with Crippen molar-refractivity contribution in [3.63, 3.8) is 0 Å². The van der Waals surface area contributed by atoms with Crippen molar-refractivity contribution in [1.29, 1.82) is 0 Å². The summed E-state index contributed by atoms with van der Waals surface area (Å²) in [6, 6.07) is 17.9. The Labute approximate surface area is 195 Å². The molecule has 0 aliphatic heterocycles. The lowest BCUT2D eigenvalue weighted by molar-refractivity contribution is 0.0529. The van der Waals surface area contributed by atoms with Gasteiger partial charge in [-0.2, -0.15) is 0 Å². The lowest BCUT2D eigenvalue weighted by Crippen LogP contribution is -2.15. The second-order valence-electron chi connectivity index (χ2n) is 7.43. The summed E-state index contributed by atoms with van der Waals surface area (Å²) in [4.78, 5) is 28.0. The molecule has 0 spiro atoms. The number of carbonyl (C=O) groups is 2. The summed E-state index contributed by atoms with van der Waals surface area (Å²) in [7, 11) is 0. The van der Waals surface area contributed by atoms with E-state index in [4.69, 9.17) is 4.74 Å². The highest BCUT2D eigenvalue weighted by Crippen LogP contribution is 2.41. The summed E-state index contributed by atoms with van der Waals surface area (Å²) in [5, 5.41) is 4.71. The summed E-state index contributed by atoms with van der Waals surface area (Å²) in [5.74, 6) is -0.600. The molecule has 0 saturated carbocycles. The van der Waals surface area contributed by atoms with Crippen molar-refractivity contribution >= 4 is 49.6 Å². The number of nitrogens with one attached hydrogen (secondary N) is 1. The first kappa shape index (κ1) is 22.2. The van der Waals surface area contributed by atoms with Gasteiger partial charge in [0.2, 0.25) is 0 Å². The average molecular weight is 464 g/mol. The molecule has 0 saturated heterocycles. The van der Waals surface area contributed by atoms with E-state index in [-0.39, 0.29) is 12.5 Å². The molecule has 2 aromatic heterocycles. The van der Waals surface area contributed by atoms with Crippen LogP contribution >= 0.6 is 22.7 Å². The van der Waals surface area contributed by atoms with Gasteiger partial charge in [0.05, 0.1) is 11.5 Å². The fourth-order valence-electron chi connectivity index (χ4n) is 3.92. The summed E-state index contributed by atoms with van der Waals surface area (Å²) >= 11 is 2.91. The lowest BCUT2D eigenvalue weighted by Gasteiger charge is -2.09. The number of thiophene rings is 2. The van der Waals surface area contributed by atoms with Gasteiger partial charge < -0.3 is 10.1 Å². The molecule has 0 unspecified atom stereocenters. The third kappa shape index (κ3) is 4.20. The molecule has 0 aliphatic rings. The van der Waals surface area contributed by atoms with Crippen LogP contribution in [0.5, 0.6) is 0 Å². The maximum absolute atomic E-state index is 13.4. The van der Waals surface area contributed by atoms with E-state index in [1.165, 1.54) is 22.7 Å². The van der Waals surface area contributed by atoms with Crippen molar-refractivity contribution in [3.05, 3.63) is 75.5 Å². The maximum Gasteiger partial charge on any atom is 0.341 e. The molecular formula is C26H25NO3S2. The number of ether oxygens (including phenoxy) is 1. The number of hydrogen-bond acceptors (Lipinski definition) is 5. The number of fused-ring (bicyclic) bond motifs is 1. The zero-order valence-electron chi connectivity index (χ0n) is 18.4. The Morgan fingerprint density at radius 1 is 0.969 bits per heavy atom. The zero-order valence-corrected chi connectivity index (χ0v) is 20.0. The van der Waals surface area contributed by atoms with Crippen LogP contribution in [0.3, 0.4) is 0 Å². The fraction of sp³-hybridized carbons (Fsp3) is 0.231. The van der Waals surface area contributed by atoms with Crippen LogP contribution in [-0.2, 0) is 11.2 Å². The molecule has 2 aromatic carbocycles. The minimum Gasteiger partial charge on any atom is -0.462 e. The van der Waals surface area contributed by atoms with E-state index in [9.17, 15) is 9.59 Å². The molecule has 0 atom stereocenters. The minimum absolute atomic E-state index is 0.180. The van der Waals surface area contributed by atoms with Crippen LogP contribution in [0, 0.1) is 6.92 Å². The summed E-state index contributed by atoms with van der Waals surface area (Å²) in [6.07, 6.45) is 1.78. The molecule has 6 heteroatoms. The van der Waals surface area contributed by atoms with Crippen LogP contribution in [0.15, 0.2) is 54.6 Å². The van der Waals surface area contributed by atoms with Crippen molar-refractivity contribution in [3.8, 4) is 11.1 Å². The molecule has 164 valence electrons. The number of carbonyl (C=O) groups excluding carboxylic acids is 2. The highest BCUT2D eigenvalue weighted by molar-refractivity contribution is 7.21. The molecule has 4 nitrogen and oxygen atoms in total. The van der Waals surface area contributed by atoms with Crippen molar-refractivity contribution < 1.29 is 14.3 Å². The third-order valence-corrected chi connectivity index (χ3v) is 7.49. The maximum atomic E-state index is 13.4. The molecule has 1 N–H and O–H groups in total. The van der Waals surface area contributed by atoms with Crippen molar-refractivity contribution in [2.45, 2.75) is 33.6 Å². The number of anilines is 1. The summed E-state index contributed by atoms with van der Waals surface area (Å²) in [5.41, 5.74) is 3.24. The first-order valence-electron chi connectivity index (χ1n) is 10.7. The molecular weight excluding hydrogens is 438 g/mol. The van der Waals surface area contributed by atoms with E-state index in [1.54, 1.807) is 6.92 Å². The second kappa shape index (κ2) is 9.67. The van der Waals surface area contributed by atoms with Crippen LogP contribution in [0.1, 0.15) is 50.7 Å². The van der Waals surface area contributed by atoms with Crippen molar-refractivity contribution in [1.82, 2.24) is 0 Å². The number of amides is 1. The number of hydrogen-bond donors (Lipinski definition) is 1. The van der Waals surface area contributed by atoms with Crippen LogP contribution in [0.4, 0.5) is 5.00 Å². The number of benzene rings is 2. The Morgan fingerprint density at radius 2 is 1.69 bits per heavy atom. The lowest BCUT2D eigenvalue weighted by atomic mass is 10.0. The molecule has 0 radical (unpaired) electrons. The Balaban J connectivity index is 1.78. The van der Waals surface area contributed by atoms with Gasteiger partial charge in [-0.05, 0) is 42.8 Å². The predicted molar refractivity (Wildman–Crippen MR) is 134 cm³/mol. The number of esters is 1. The standard InChI is InChI=1S/C26H25NO3S2/c1-4-11-19-18-14-9-10-15-20(18)32-23(19)24(28)27-25-22(26(29)30-5-2)21(16(3)31-25)17-12-7-6-8-13-17/h6-10,12-15H,4-5,11H2,1-3H3,(H,27,28). The summed E-state index contributed by atoms with van der Waals surface area (Å²) in [6.45, 7) is 6.13. The fourth-order valence-corrected chi connectivity index (χ4v) is 6.13. The Bertz CT molecular complexity index is 1270. The Morgan fingerprint density at radius 3 is 2.41 bits per heavy atom. The monoisotopic (exact) mass is 463 g/mol. The molecule has 0 fully saturated rings. The molecule has 0 bridgehead atoms. The van der Waals surface area contributed by atoms with Gasteiger partial charge in [-0.1, -0.05) is 61.9 Å².